The van der Waals surface area contributed by atoms with Crippen LogP contribution >= 0.6 is 0 Å². The van der Waals surface area contributed by atoms with E-state index in [2.05, 4.69) is 9.97 Å². The fraction of sp³-hybridized carbons (Fsp3) is 0.583. The van der Waals surface area contributed by atoms with Crippen molar-refractivity contribution in [2.75, 3.05) is 32.8 Å². The number of hydrogen-bond acceptors (Lipinski definition) is 5. The van der Waals surface area contributed by atoms with Gasteiger partial charge in [-0.2, -0.15) is 0 Å². The maximum absolute atomic E-state index is 11.6. The third-order valence-electron chi connectivity index (χ3n) is 2.96. The third-order valence-corrected chi connectivity index (χ3v) is 2.96. The van der Waals surface area contributed by atoms with Crippen LogP contribution in [0.5, 0.6) is 0 Å². The van der Waals surface area contributed by atoms with Crippen LogP contribution in [0.4, 0.5) is 0 Å². The maximum Gasteiger partial charge on any atom is 0.236 e. The molecule has 0 aliphatic carbocycles. The van der Waals surface area contributed by atoms with Crippen LogP contribution in [-0.4, -0.2) is 53.6 Å². The van der Waals surface area contributed by atoms with Crippen molar-refractivity contribution in [1.29, 1.82) is 0 Å². The summed E-state index contributed by atoms with van der Waals surface area (Å²) in [5.74, 6) is 0.984. The number of carbonyl (C=O) groups excluding carboxylic acids is 1. The molecule has 6 heteroatoms. The topological polar surface area (TPSA) is 81.3 Å². The van der Waals surface area contributed by atoms with E-state index >= 15 is 0 Å². The van der Waals surface area contributed by atoms with Crippen LogP contribution in [0.1, 0.15) is 5.82 Å². The number of rotatable bonds is 3. The number of hydrogen-bond donors (Lipinski definition) is 1. The van der Waals surface area contributed by atoms with E-state index in [1.165, 1.54) is 0 Å². The highest BCUT2D eigenvalue weighted by molar-refractivity contribution is 5.78. The van der Waals surface area contributed by atoms with Gasteiger partial charge in [-0.1, -0.05) is 0 Å². The van der Waals surface area contributed by atoms with Crippen molar-refractivity contribution < 1.29 is 9.53 Å². The highest BCUT2D eigenvalue weighted by atomic mass is 16.5. The standard InChI is InChI=1S/C12H18N4O2/c13-7-12(17)16-4-5-18-9-10(8-16)6-11-14-2-1-3-15-11/h1-3,10H,4-9,13H2. The first-order valence-electron chi connectivity index (χ1n) is 6.11. The van der Waals surface area contributed by atoms with Crippen molar-refractivity contribution in [2.24, 2.45) is 11.7 Å². The molecule has 6 nitrogen and oxygen atoms in total. The van der Waals surface area contributed by atoms with E-state index in [1.807, 2.05) is 0 Å². The Morgan fingerprint density at radius 1 is 1.50 bits per heavy atom. The van der Waals surface area contributed by atoms with Gasteiger partial charge in [0.2, 0.25) is 5.91 Å². The second kappa shape index (κ2) is 6.42. The first-order chi connectivity index (χ1) is 8.79. The van der Waals surface area contributed by atoms with Gasteiger partial charge in [-0.3, -0.25) is 4.79 Å². The molecule has 1 saturated heterocycles. The molecule has 1 aliphatic rings. The summed E-state index contributed by atoms with van der Waals surface area (Å²) in [6, 6.07) is 1.79. The molecule has 0 saturated carbocycles. The van der Waals surface area contributed by atoms with Crippen LogP contribution in [-0.2, 0) is 16.0 Å². The van der Waals surface area contributed by atoms with Crippen molar-refractivity contribution in [3.8, 4) is 0 Å². The first kappa shape index (κ1) is 12.9. The van der Waals surface area contributed by atoms with E-state index < -0.39 is 0 Å². The first-order valence-corrected chi connectivity index (χ1v) is 6.11. The quantitative estimate of drug-likeness (QED) is 0.778. The minimum atomic E-state index is -0.0283. The molecular formula is C12H18N4O2. The SMILES string of the molecule is NCC(=O)N1CCOCC(Cc2ncccn2)C1. The van der Waals surface area contributed by atoms with Crippen molar-refractivity contribution in [2.45, 2.75) is 6.42 Å². The van der Waals surface area contributed by atoms with Crippen LogP contribution < -0.4 is 5.73 Å². The Morgan fingerprint density at radius 3 is 3.00 bits per heavy atom. The molecule has 1 fully saturated rings. The predicted octanol–water partition coefficient (Wildman–Crippen LogP) is -0.547. The number of nitrogens with zero attached hydrogens (tertiary/aromatic N) is 3. The second-order valence-electron chi connectivity index (χ2n) is 4.35. The molecule has 0 radical (unpaired) electrons. The van der Waals surface area contributed by atoms with Crippen LogP contribution in [0.25, 0.3) is 0 Å². The normalized spacial score (nSPS) is 20.5. The molecule has 2 heterocycles. The zero-order valence-corrected chi connectivity index (χ0v) is 10.3. The molecule has 1 aromatic heterocycles. The highest BCUT2D eigenvalue weighted by Crippen LogP contribution is 2.11. The molecule has 1 unspecified atom stereocenters. The summed E-state index contributed by atoms with van der Waals surface area (Å²) in [5, 5.41) is 0. The smallest absolute Gasteiger partial charge is 0.236 e. The van der Waals surface area contributed by atoms with E-state index in [9.17, 15) is 4.79 Å². The molecule has 18 heavy (non-hydrogen) atoms. The Bertz CT molecular complexity index is 385. The number of aromatic nitrogens is 2. The molecule has 1 aliphatic heterocycles. The summed E-state index contributed by atoms with van der Waals surface area (Å²) in [4.78, 5) is 21.8. The summed E-state index contributed by atoms with van der Waals surface area (Å²) in [7, 11) is 0. The van der Waals surface area contributed by atoms with Crippen LogP contribution in [0, 0.1) is 5.92 Å². The van der Waals surface area contributed by atoms with Crippen molar-refractivity contribution in [3.63, 3.8) is 0 Å². The van der Waals surface area contributed by atoms with Crippen molar-refractivity contribution in [1.82, 2.24) is 14.9 Å². The average molecular weight is 250 g/mol. The fourth-order valence-corrected chi connectivity index (χ4v) is 2.05. The zero-order chi connectivity index (χ0) is 12.8. The maximum atomic E-state index is 11.6. The Balaban J connectivity index is 1.97. The number of amides is 1. The molecule has 0 bridgehead atoms. The van der Waals surface area contributed by atoms with Gasteiger partial charge >= 0.3 is 0 Å². The number of nitrogens with two attached hydrogens (primary N) is 1. The minimum Gasteiger partial charge on any atom is -0.379 e. The molecular weight excluding hydrogens is 232 g/mol. The molecule has 0 spiro atoms. The summed E-state index contributed by atoms with van der Waals surface area (Å²) in [6.07, 6.45) is 4.17. The lowest BCUT2D eigenvalue weighted by Gasteiger charge is -2.22. The predicted molar refractivity (Wildman–Crippen MR) is 65.7 cm³/mol. The fourth-order valence-electron chi connectivity index (χ4n) is 2.05. The van der Waals surface area contributed by atoms with Gasteiger partial charge in [-0.05, 0) is 6.07 Å². The largest absolute Gasteiger partial charge is 0.379 e. The Labute approximate surface area is 106 Å². The minimum absolute atomic E-state index is 0.0283. The molecule has 98 valence electrons. The summed E-state index contributed by atoms with van der Waals surface area (Å²) in [6.45, 7) is 2.52. The van der Waals surface area contributed by atoms with Gasteiger partial charge in [-0.25, -0.2) is 9.97 Å². The lowest BCUT2D eigenvalue weighted by molar-refractivity contribution is -0.130. The monoisotopic (exact) mass is 250 g/mol. The highest BCUT2D eigenvalue weighted by Gasteiger charge is 2.22. The van der Waals surface area contributed by atoms with E-state index in [-0.39, 0.29) is 18.4 Å². The summed E-state index contributed by atoms with van der Waals surface area (Å²) in [5.41, 5.74) is 5.40. The molecule has 1 aromatic rings. The third kappa shape index (κ3) is 3.48. The Kier molecular flexibility index (Phi) is 4.60. The molecule has 2 rings (SSSR count). The zero-order valence-electron chi connectivity index (χ0n) is 10.3. The average Bonchev–Trinajstić information content (AvgIpc) is 2.65. The van der Waals surface area contributed by atoms with Crippen molar-refractivity contribution >= 4 is 5.91 Å². The lowest BCUT2D eigenvalue weighted by atomic mass is 10.1. The van der Waals surface area contributed by atoms with Gasteiger partial charge in [0.25, 0.3) is 0 Å². The molecule has 1 amide bonds. The van der Waals surface area contributed by atoms with E-state index in [4.69, 9.17) is 10.5 Å². The number of carbonyl (C=O) groups is 1. The lowest BCUT2D eigenvalue weighted by Crippen LogP contribution is -2.40. The van der Waals surface area contributed by atoms with E-state index in [0.29, 0.717) is 26.3 Å². The van der Waals surface area contributed by atoms with Gasteiger partial charge in [0, 0.05) is 37.8 Å². The Hall–Kier alpha value is -1.53. The van der Waals surface area contributed by atoms with Crippen LogP contribution in [0.2, 0.25) is 0 Å². The van der Waals surface area contributed by atoms with Gasteiger partial charge in [-0.15, -0.1) is 0 Å². The molecule has 0 aromatic carbocycles. The summed E-state index contributed by atoms with van der Waals surface area (Å²) >= 11 is 0. The summed E-state index contributed by atoms with van der Waals surface area (Å²) < 4.78 is 5.51. The molecule has 1 atom stereocenters. The van der Waals surface area contributed by atoms with Gasteiger partial charge in [0.15, 0.2) is 0 Å². The van der Waals surface area contributed by atoms with E-state index in [1.54, 1.807) is 23.4 Å². The van der Waals surface area contributed by atoms with Crippen LogP contribution in [0.3, 0.4) is 0 Å². The van der Waals surface area contributed by atoms with E-state index in [0.717, 1.165) is 12.2 Å². The van der Waals surface area contributed by atoms with Crippen LogP contribution in [0.15, 0.2) is 18.5 Å². The number of ether oxygens (including phenoxy) is 1. The van der Waals surface area contributed by atoms with Gasteiger partial charge in [0.1, 0.15) is 5.82 Å². The van der Waals surface area contributed by atoms with Gasteiger partial charge < -0.3 is 15.4 Å². The second-order valence-corrected chi connectivity index (χ2v) is 4.35. The van der Waals surface area contributed by atoms with Crippen molar-refractivity contribution in [3.05, 3.63) is 24.3 Å². The Morgan fingerprint density at radius 2 is 2.28 bits per heavy atom. The van der Waals surface area contributed by atoms with Gasteiger partial charge in [0.05, 0.1) is 19.8 Å². The molecule has 2 N–H and O–H groups in total.